The summed E-state index contributed by atoms with van der Waals surface area (Å²) in [4.78, 5) is 0. The van der Waals surface area contributed by atoms with Crippen LogP contribution in [-0.2, 0) is 0 Å². The highest BCUT2D eigenvalue weighted by Crippen LogP contribution is 2.21. The van der Waals surface area contributed by atoms with Crippen LogP contribution in [0.5, 0.6) is 0 Å². The highest BCUT2D eigenvalue weighted by Gasteiger charge is 2.19. The van der Waals surface area contributed by atoms with Crippen molar-refractivity contribution in [1.29, 1.82) is 0 Å². The lowest BCUT2D eigenvalue weighted by Crippen LogP contribution is -2.35. The van der Waals surface area contributed by atoms with Gasteiger partial charge in [0.1, 0.15) is 0 Å². The third-order valence-electron chi connectivity index (χ3n) is 3.84. The minimum Gasteiger partial charge on any atom is -0.316 e. The first-order valence-electron chi connectivity index (χ1n) is 6.68. The van der Waals surface area contributed by atoms with Crippen molar-refractivity contribution >= 4 is 0 Å². The van der Waals surface area contributed by atoms with Crippen molar-refractivity contribution in [3.8, 4) is 0 Å². The van der Waals surface area contributed by atoms with Gasteiger partial charge < -0.3 is 10.6 Å². The van der Waals surface area contributed by atoms with Crippen LogP contribution in [0.4, 0.5) is 0 Å². The molecule has 90 valence electrons. The maximum Gasteiger partial charge on any atom is 0.00361 e. The lowest BCUT2D eigenvalue weighted by molar-refractivity contribution is 0.264. The van der Waals surface area contributed by atoms with Gasteiger partial charge in [-0.2, -0.15) is 0 Å². The molecular formula is C13H28N2. The Kier molecular flexibility index (Phi) is 6.26. The van der Waals surface area contributed by atoms with E-state index in [-0.39, 0.29) is 0 Å². The Balaban J connectivity index is 2.09. The molecule has 2 nitrogen and oxygen atoms in total. The summed E-state index contributed by atoms with van der Waals surface area (Å²) >= 11 is 0. The van der Waals surface area contributed by atoms with Crippen LogP contribution in [0.2, 0.25) is 0 Å². The van der Waals surface area contributed by atoms with Crippen LogP contribution < -0.4 is 10.6 Å². The van der Waals surface area contributed by atoms with E-state index in [0.717, 1.165) is 11.8 Å². The van der Waals surface area contributed by atoms with E-state index in [9.17, 15) is 0 Å². The Morgan fingerprint density at radius 1 is 1.40 bits per heavy atom. The molecule has 0 aromatic heterocycles. The summed E-state index contributed by atoms with van der Waals surface area (Å²) in [6.45, 7) is 10.6. The summed E-state index contributed by atoms with van der Waals surface area (Å²) < 4.78 is 0. The van der Waals surface area contributed by atoms with Gasteiger partial charge in [0, 0.05) is 6.04 Å². The lowest BCUT2D eigenvalue weighted by atomic mass is 9.85. The smallest absolute Gasteiger partial charge is 0.00361 e. The summed E-state index contributed by atoms with van der Waals surface area (Å²) in [5, 5.41) is 7.09. The van der Waals surface area contributed by atoms with Gasteiger partial charge in [-0.3, -0.25) is 0 Å². The molecule has 3 atom stereocenters. The first-order chi connectivity index (χ1) is 7.24. The number of hydrogen-bond acceptors (Lipinski definition) is 2. The molecule has 0 spiro atoms. The first kappa shape index (κ1) is 13.0. The van der Waals surface area contributed by atoms with Crippen LogP contribution in [-0.4, -0.2) is 25.7 Å². The molecular weight excluding hydrogens is 184 g/mol. The van der Waals surface area contributed by atoms with Gasteiger partial charge in [-0.25, -0.2) is 0 Å². The highest BCUT2D eigenvalue weighted by atomic mass is 14.9. The molecule has 0 amide bonds. The molecule has 15 heavy (non-hydrogen) atoms. The Labute approximate surface area is 95.2 Å². The second kappa shape index (κ2) is 7.24. The third-order valence-corrected chi connectivity index (χ3v) is 3.84. The molecule has 1 rings (SSSR count). The summed E-state index contributed by atoms with van der Waals surface area (Å²) in [5.74, 6) is 1.78. The minimum atomic E-state index is 0.682. The Hall–Kier alpha value is -0.0800. The summed E-state index contributed by atoms with van der Waals surface area (Å²) in [7, 11) is 0. The zero-order valence-electron chi connectivity index (χ0n) is 10.7. The van der Waals surface area contributed by atoms with Crippen molar-refractivity contribution < 1.29 is 0 Å². The summed E-state index contributed by atoms with van der Waals surface area (Å²) in [5.41, 5.74) is 0. The molecule has 2 heteroatoms. The molecule has 0 aromatic carbocycles. The standard InChI is InChI=1S/C13H28N2/c1-4-12(3)15-9-7-11(2)13-6-5-8-14-10-13/h11-15H,4-10H2,1-3H3. The zero-order chi connectivity index (χ0) is 11.1. The summed E-state index contributed by atoms with van der Waals surface area (Å²) in [6.07, 6.45) is 5.36. The fourth-order valence-electron chi connectivity index (χ4n) is 2.30. The number of piperidine rings is 1. The molecule has 1 aliphatic rings. The third kappa shape index (κ3) is 4.98. The molecule has 0 radical (unpaired) electrons. The normalized spacial score (nSPS) is 26.2. The van der Waals surface area contributed by atoms with Gasteiger partial charge in [0.25, 0.3) is 0 Å². The van der Waals surface area contributed by atoms with Gasteiger partial charge in [-0.1, -0.05) is 13.8 Å². The van der Waals surface area contributed by atoms with Crippen molar-refractivity contribution in [3.63, 3.8) is 0 Å². The van der Waals surface area contributed by atoms with E-state index in [0.29, 0.717) is 6.04 Å². The van der Waals surface area contributed by atoms with E-state index in [1.807, 2.05) is 0 Å². The quantitative estimate of drug-likeness (QED) is 0.706. The Morgan fingerprint density at radius 2 is 2.20 bits per heavy atom. The fraction of sp³-hybridized carbons (Fsp3) is 1.00. The van der Waals surface area contributed by atoms with Crippen LogP contribution in [0.1, 0.15) is 46.5 Å². The topological polar surface area (TPSA) is 24.1 Å². The van der Waals surface area contributed by atoms with Crippen LogP contribution in [0, 0.1) is 11.8 Å². The van der Waals surface area contributed by atoms with Crippen LogP contribution in [0.25, 0.3) is 0 Å². The molecule has 0 aromatic rings. The van der Waals surface area contributed by atoms with Crippen molar-refractivity contribution in [2.24, 2.45) is 11.8 Å². The average molecular weight is 212 g/mol. The highest BCUT2D eigenvalue weighted by molar-refractivity contribution is 4.74. The van der Waals surface area contributed by atoms with Crippen molar-refractivity contribution in [2.45, 2.75) is 52.5 Å². The average Bonchev–Trinajstić information content (AvgIpc) is 2.29. The maximum absolute atomic E-state index is 3.58. The van der Waals surface area contributed by atoms with Crippen LogP contribution in [0.15, 0.2) is 0 Å². The van der Waals surface area contributed by atoms with Gasteiger partial charge in [-0.15, -0.1) is 0 Å². The predicted molar refractivity (Wildman–Crippen MR) is 67.1 cm³/mol. The molecule has 2 N–H and O–H groups in total. The van der Waals surface area contributed by atoms with Gasteiger partial charge in [-0.05, 0) is 64.1 Å². The maximum atomic E-state index is 3.58. The van der Waals surface area contributed by atoms with Crippen LogP contribution >= 0.6 is 0 Å². The van der Waals surface area contributed by atoms with Gasteiger partial charge in [0.05, 0.1) is 0 Å². The Bertz CT molecular complexity index is 153. The first-order valence-corrected chi connectivity index (χ1v) is 6.68. The van der Waals surface area contributed by atoms with E-state index in [2.05, 4.69) is 31.4 Å². The van der Waals surface area contributed by atoms with E-state index < -0.39 is 0 Å². The number of hydrogen-bond donors (Lipinski definition) is 2. The lowest BCUT2D eigenvalue weighted by Gasteiger charge is -2.28. The molecule has 1 saturated heterocycles. The predicted octanol–water partition coefficient (Wildman–Crippen LogP) is 2.40. The minimum absolute atomic E-state index is 0.682. The van der Waals surface area contributed by atoms with Crippen molar-refractivity contribution in [3.05, 3.63) is 0 Å². The van der Waals surface area contributed by atoms with E-state index in [4.69, 9.17) is 0 Å². The fourth-order valence-corrected chi connectivity index (χ4v) is 2.30. The SMILES string of the molecule is CCC(C)NCCC(C)C1CCCNC1. The second-order valence-corrected chi connectivity index (χ2v) is 5.14. The van der Waals surface area contributed by atoms with Crippen molar-refractivity contribution in [2.75, 3.05) is 19.6 Å². The molecule has 1 fully saturated rings. The zero-order valence-corrected chi connectivity index (χ0v) is 10.7. The largest absolute Gasteiger partial charge is 0.316 e. The summed E-state index contributed by atoms with van der Waals surface area (Å²) in [6, 6.07) is 0.682. The molecule has 3 unspecified atom stereocenters. The molecule has 0 aliphatic carbocycles. The van der Waals surface area contributed by atoms with Gasteiger partial charge in [0.2, 0.25) is 0 Å². The monoisotopic (exact) mass is 212 g/mol. The number of rotatable bonds is 6. The van der Waals surface area contributed by atoms with E-state index in [1.54, 1.807) is 0 Å². The van der Waals surface area contributed by atoms with Crippen molar-refractivity contribution in [1.82, 2.24) is 10.6 Å². The van der Waals surface area contributed by atoms with E-state index >= 15 is 0 Å². The molecule has 0 saturated carbocycles. The van der Waals surface area contributed by atoms with Crippen LogP contribution in [0.3, 0.4) is 0 Å². The number of nitrogens with one attached hydrogen (secondary N) is 2. The van der Waals surface area contributed by atoms with E-state index in [1.165, 1.54) is 45.3 Å². The second-order valence-electron chi connectivity index (χ2n) is 5.14. The molecule has 1 heterocycles. The van der Waals surface area contributed by atoms with Gasteiger partial charge >= 0.3 is 0 Å². The van der Waals surface area contributed by atoms with Gasteiger partial charge in [0.15, 0.2) is 0 Å². The Morgan fingerprint density at radius 3 is 2.80 bits per heavy atom. The molecule has 0 bridgehead atoms. The molecule has 1 aliphatic heterocycles.